The summed E-state index contributed by atoms with van der Waals surface area (Å²) in [4.78, 5) is 18.0. The Morgan fingerprint density at radius 3 is 2.29 bits per heavy atom. The molecule has 1 aromatic heterocycles. The first kappa shape index (κ1) is 25.4. The Kier molecular flexibility index (Phi) is 7.44. The summed E-state index contributed by atoms with van der Waals surface area (Å²) in [6.45, 7) is 4.87. The molecule has 0 spiro atoms. The summed E-state index contributed by atoms with van der Waals surface area (Å²) >= 11 is 0. The molecule has 1 atom stereocenters. The first-order valence-corrected chi connectivity index (χ1v) is 11.6. The molecule has 182 valence electrons. The number of nitrogens with zero attached hydrogens (tertiary/aromatic N) is 2. The van der Waals surface area contributed by atoms with Crippen LogP contribution in [0.15, 0.2) is 59.5 Å². The van der Waals surface area contributed by atoms with Gasteiger partial charge >= 0.3 is 12.1 Å². The summed E-state index contributed by atoms with van der Waals surface area (Å²) in [5.41, 5.74) is 0.766. The molecule has 12 heteroatoms. The van der Waals surface area contributed by atoms with E-state index >= 15 is 0 Å². The highest BCUT2D eigenvalue weighted by molar-refractivity contribution is 7.89. The van der Waals surface area contributed by atoms with Crippen molar-refractivity contribution in [2.24, 2.45) is 0 Å². The van der Waals surface area contributed by atoms with Gasteiger partial charge in [0.2, 0.25) is 0 Å². The number of rotatable bonds is 8. The summed E-state index contributed by atoms with van der Waals surface area (Å²) in [6, 6.07) is 12.8. The molecule has 3 rings (SSSR count). The monoisotopic (exact) mass is 497 g/mol. The molecule has 0 saturated carbocycles. The van der Waals surface area contributed by atoms with Gasteiger partial charge in [0.1, 0.15) is 0 Å². The Morgan fingerprint density at radius 2 is 1.74 bits per heavy atom. The molecule has 34 heavy (non-hydrogen) atoms. The number of aryl methyl sites for hydroxylation is 1. The van der Waals surface area contributed by atoms with Crippen molar-refractivity contribution in [3.63, 3.8) is 0 Å². The van der Waals surface area contributed by atoms with Crippen LogP contribution in [0.4, 0.5) is 13.2 Å². The van der Waals surface area contributed by atoms with Crippen molar-refractivity contribution in [2.75, 3.05) is 6.61 Å². The molecule has 0 aliphatic carbocycles. The Labute approximate surface area is 194 Å². The van der Waals surface area contributed by atoms with Crippen LogP contribution in [0.25, 0.3) is 16.9 Å². The average Bonchev–Trinajstić information content (AvgIpc) is 3.24. The van der Waals surface area contributed by atoms with E-state index in [0.717, 1.165) is 16.3 Å². The minimum Gasteiger partial charge on any atom is -0.464 e. The van der Waals surface area contributed by atoms with Gasteiger partial charge in [0.15, 0.2) is 11.8 Å². The molecule has 0 bridgehead atoms. The average molecular weight is 497 g/mol. The Morgan fingerprint density at radius 1 is 1.12 bits per heavy atom. The maximum absolute atomic E-state index is 13.3. The fourth-order valence-electron chi connectivity index (χ4n) is 2.90. The maximum Gasteiger partial charge on any atom is 0.435 e. The molecule has 1 heterocycles. The predicted molar refractivity (Wildman–Crippen MR) is 116 cm³/mol. The number of hydrogen-bond acceptors (Lipinski definition) is 6. The van der Waals surface area contributed by atoms with Crippen molar-refractivity contribution in [3.05, 3.63) is 65.9 Å². The molecule has 0 saturated heterocycles. The Balaban J connectivity index is 1.90. The fourth-order valence-corrected chi connectivity index (χ4v) is 3.77. The van der Waals surface area contributed by atoms with Crippen molar-refractivity contribution in [3.8, 4) is 16.9 Å². The lowest BCUT2D eigenvalue weighted by molar-refractivity contribution is -0.157. The minimum absolute atomic E-state index is 0.106. The highest BCUT2D eigenvalue weighted by Crippen LogP contribution is 2.33. The highest BCUT2D eigenvalue weighted by Gasteiger charge is 2.35. The van der Waals surface area contributed by atoms with E-state index in [2.05, 4.69) is 5.10 Å². The SMILES string of the molecule is CCOC(=O)C(C)ONS(=O)(=O)c1ccc(-n2nc(C(F)(F)F)cc2-c2ccc(C)cc2)cc1. The van der Waals surface area contributed by atoms with Gasteiger partial charge in [-0.1, -0.05) is 34.7 Å². The van der Waals surface area contributed by atoms with E-state index in [1.807, 2.05) is 11.8 Å². The van der Waals surface area contributed by atoms with Gasteiger partial charge in [-0.25, -0.2) is 17.9 Å². The molecule has 8 nitrogen and oxygen atoms in total. The number of nitrogens with one attached hydrogen (secondary N) is 1. The van der Waals surface area contributed by atoms with E-state index in [1.165, 1.54) is 31.2 Å². The highest BCUT2D eigenvalue weighted by atomic mass is 32.2. The van der Waals surface area contributed by atoms with Crippen molar-refractivity contribution in [1.82, 2.24) is 14.7 Å². The third-order valence-corrected chi connectivity index (χ3v) is 5.90. The lowest BCUT2D eigenvalue weighted by atomic mass is 10.1. The summed E-state index contributed by atoms with van der Waals surface area (Å²) in [5, 5.41) is 3.69. The first-order chi connectivity index (χ1) is 15.9. The molecule has 0 fully saturated rings. The molecule has 0 aliphatic heterocycles. The minimum atomic E-state index is -4.66. The molecule has 1 N–H and O–H groups in total. The van der Waals surface area contributed by atoms with Crippen LogP contribution in [-0.4, -0.2) is 36.9 Å². The fraction of sp³-hybridized carbons (Fsp3) is 0.273. The molecule has 0 aliphatic rings. The smallest absolute Gasteiger partial charge is 0.435 e. The van der Waals surface area contributed by atoms with Crippen molar-refractivity contribution in [1.29, 1.82) is 0 Å². The number of carbonyl (C=O) groups is 1. The molecular formula is C22H22F3N3O5S. The normalized spacial score (nSPS) is 13.0. The predicted octanol–water partition coefficient (Wildman–Crippen LogP) is 4.03. The molecule has 3 aromatic rings. The molecule has 0 radical (unpaired) electrons. The van der Waals surface area contributed by atoms with Crippen molar-refractivity contribution in [2.45, 2.75) is 37.9 Å². The second-order valence-corrected chi connectivity index (χ2v) is 8.93. The molecule has 0 amide bonds. The summed E-state index contributed by atoms with van der Waals surface area (Å²) in [5.74, 6) is -0.747. The van der Waals surface area contributed by atoms with Crippen LogP contribution in [-0.2, 0) is 30.6 Å². The molecular weight excluding hydrogens is 475 g/mol. The number of alkyl halides is 3. The Bertz CT molecular complexity index is 1250. The van der Waals surface area contributed by atoms with Crippen LogP contribution < -0.4 is 4.89 Å². The van der Waals surface area contributed by atoms with Gasteiger partial charge in [-0.3, -0.25) is 4.84 Å². The van der Waals surface area contributed by atoms with E-state index in [-0.39, 0.29) is 22.9 Å². The van der Waals surface area contributed by atoms with Gasteiger partial charge in [0.25, 0.3) is 10.0 Å². The zero-order valence-electron chi connectivity index (χ0n) is 18.5. The summed E-state index contributed by atoms with van der Waals surface area (Å²) in [7, 11) is -4.18. The standard InChI is InChI=1S/C22H22F3N3O5S/c1-4-32-21(29)15(3)33-27-34(30,31)18-11-9-17(10-12-18)28-19(13-20(26-28)22(23,24)25)16-7-5-14(2)6-8-16/h5-13,15,27H,4H2,1-3H3. The van der Waals surface area contributed by atoms with Crippen molar-refractivity contribution >= 4 is 16.0 Å². The van der Waals surface area contributed by atoms with Gasteiger partial charge < -0.3 is 4.74 Å². The van der Waals surface area contributed by atoms with E-state index < -0.39 is 34.0 Å². The topological polar surface area (TPSA) is 99.5 Å². The second kappa shape index (κ2) is 9.95. The number of sulfonamides is 1. The van der Waals surface area contributed by atoms with Crippen LogP contribution in [0.3, 0.4) is 0 Å². The van der Waals surface area contributed by atoms with Crippen molar-refractivity contribution < 1.29 is 36.0 Å². The number of aromatic nitrogens is 2. The number of benzene rings is 2. The summed E-state index contributed by atoms with van der Waals surface area (Å²) in [6.07, 6.45) is -5.85. The zero-order chi connectivity index (χ0) is 25.1. The molecule has 1 unspecified atom stereocenters. The van der Waals surface area contributed by atoms with E-state index in [9.17, 15) is 26.4 Å². The third-order valence-electron chi connectivity index (χ3n) is 4.69. The third kappa shape index (κ3) is 5.82. The van der Waals surface area contributed by atoms with E-state index in [4.69, 9.17) is 9.57 Å². The number of ether oxygens (including phenoxy) is 1. The van der Waals surface area contributed by atoms with Crippen LogP contribution >= 0.6 is 0 Å². The number of halogens is 3. The van der Waals surface area contributed by atoms with Gasteiger partial charge in [0.05, 0.1) is 22.9 Å². The van der Waals surface area contributed by atoms with Gasteiger partial charge in [-0.05, 0) is 51.1 Å². The van der Waals surface area contributed by atoms with Crippen LogP contribution in [0.2, 0.25) is 0 Å². The quantitative estimate of drug-likeness (QED) is 0.373. The number of hydrogen-bond donors (Lipinski definition) is 1. The van der Waals surface area contributed by atoms with Gasteiger partial charge in [0, 0.05) is 5.56 Å². The lowest BCUT2D eigenvalue weighted by Crippen LogP contribution is -2.33. The Hall–Kier alpha value is -3.22. The number of carbonyl (C=O) groups excluding carboxylic acids is 1. The first-order valence-electron chi connectivity index (χ1n) is 10.1. The van der Waals surface area contributed by atoms with E-state index in [1.54, 1.807) is 31.2 Å². The largest absolute Gasteiger partial charge is 0.464 e. The van der Waals surface area contributed by atoms with Crippen LogP contribution in [0.5, 0.6) is 0 Å². The van der Waals surface area contributed by atoms with Crippen LogP contribution in [0.1, 0.15) is 25.1 Å². The molecule has 2 aromatic carbocycles. The van der Waals surface area contributed by atoms with E-state index in [0.29, 0.717) is 5.56 Å². The zero-order valence-corrected chi connectivity index (χ0v) is 19.3. The van der Waals surface area contributed by atoms with Gasteiger partial charge in [-0.2, -0.15) is 18.3 Å². The maximum atomic E-state index is 13.3. The number of esters is 1. The van der Waals surface area contributed by atoms with Gasteiger partial charge in [-0.15, -0.1) is 0 Å². The van der Waals surface area contributed by atoms with Crippen LogP contribution in [0, 0.1) is 6.92 Å². The lowest BCUT2D eigenvalue weighted by Gasteiger charge is -2.13. The second-order valence-electron chi connectivity index (χ2n) is 7.28. The summed E-state index contributed by atoms with van der Waals surface area (Å²) < 4.78 is 70.8.